The highest BCUT2D eigenvalue weighted by molar-refractivity contribution is 5.32. The summed E-state index contributed by atoms with van der Waals surface area (Å²) >= 11 is 0. The van der Waals surface area contributed by atoms with E-state index < -0.39 is 0 Å². The zero-order valence-corrected chi connectivity index (χ0v) is 7.32. The molecule has 0 atom stereocenters. The molecule has 0 radical (unpaired) electrons. The molecule has 0 fully saturated rings. The maximum Gasteiger partial charge on any atom is 0.123 e. The first kappa shape index (κ1) is 9.03. The highest BCUT2D eigenvalue weighted by Gasteiger charge is 2.02. The van der Waals surface area contributed by atoms with Gasteiger partial charge in [-0.3, -0.25) is 0 Å². The quantitative estimate of drug-likeness (QED) is 0.693. The first-order valence-electron chi connectivity index (χ1n) is 3.76. The second-order valence-corrected chi connectivity index (χ2v) is 2.63. The zero-order valence-electron chi connectivity index (χ0n) is 7.32. The molecule has 3 nitrogen and oxygen atoms in total. The molecule has 0 unspecified atom stereocenters. The van der Waals surface area contributed by atoms with E-state index >= 15 is 0 Å². The summed E-state index contributed by atoms with van der Waals surface area (Å²) in [5.41, 5.74) is 0.977. The predicted molar refractivity (Wildman–Crippen MR) is 46.2 cm³/mol. The van der Waals surface area contributed by atoms with Gasteiger partial charge in [0.1, 0.15) is 5.75 Å². The van der Waals surface area contributed by atoms with Crippen molar-refractivity contribution in [1.82, 2.24) is 5.06 Å². The van der Waals surface area contributed by atoms with Gasteiger partial charge in [0.25, 0.3) is 0 Å². The Bertz CT molecular complexity index is 248. The van der Waals surface area contributed by atoms with Crippen molar-refractivity contribution in [3.8, 4) is 5.75 Å². The molecule has 0 aliphatic carbocycles. The number of rotatable bonds is 3. The third-order valence-corrected chi connectivity index (χ3v) is 1.59. The molecule has 3 heteroatoms. The van der Waals surface area contributed by atoms with Gasteiger partial charge in [-0.1, -0.05) is 18.2 Å². The summed E-state index contributed by atoms with van der Waals surface area (Å²) in [5.74, 6) is 0.804. The molecule has 0 aliphatic rings. The van der Waals surface area contributed by atoms with Crippen LogP contribution in [0.3, 0.4) is 0 Å². The third kappa shape index (κ3) is 2.22. The molecule has 12 heavy (non-hydrogen) atoms. The van der Waals surface area contributed by atoms with Crippen LogP contribution >= 0.6 is 0 Å². The van der Waals surface area contributed by atoms with E-state index in [1.54, 1.807) is 14.2 Å². The Morgan fingerprint density at radius 3 is 2.67 bits per heavy atom. The lowest BCUT2D eigenvalue weighted by Gasteiger charge is -2.11. The molecule has 0 spiro atoms. The lowest BCUT2D eigenvalue weighted by molar-refractivity contribution is -0.0735. The van der Waals surface area contributed by atoms with Crippen LogP contribution in [0.25, 0.3) is 0 Å². The van der Waals surface area contributed by atoms with Crippen molar-refractivity contribution in [3.63, 3.8) is 0 Å². The molecule has 66 valence electrons. The van der Waals surface area contributed by atoms with Gasteiger partial charge in [-0.05, 0) is 6.07 Å². The minimum Gasteiger partial charge on any atom is -0.496 e. The topological polar surface area (TPSA) is 32.7 Å². The lowest BCUT2D eigenvalue weighted by Crippen LogP contribution is -2.12. The van der Waals surface area contributed by atoms with E-state index in [0.717, 1.165) is 16.4 Å². The largest absolute Gasteiger partial charge is 0.496 e. The molecule has 0 bridgehead atoms. The van der Waals surface area contributed by atoms with Crippen LogP contribution in [0.2, 0.25) is 0 Å². The van der Waals surface area contributed by atoms with Gasteiger partial charge in [0, 0.05) is 12.6 Å². The molecule has 0 aliphatic heterocycles. The Morgan fingerprint density at radius 1 is 1.42 bits per heavy atom. The molecule has 0 heterocycles. The van der Waals surface area contributed by atoms with Crippen molar-refractivity contribution in [2.45, 2.75) is 6.54 Å². The number of para-hydroxylation sites is 1. The van der Waals surface area contributed by atoms with Crippen LogP contribution in [-0.2, 0) is 6.54 Å². The summed E-state index contributed by atoms with van der Waals surface area (Å²) in [6.45, 7) is 0.476. The minimum atomic E-state index is 0.476. The van der Waals surface area contributed by atoms with Crippen molar-refractivity contribution in [3.05, 3.63) is 29.8 Å². The molecule has 0 saturated carbocycles. The number of hydroxylamine groups is 2. The van der Waals surface area contributed by atoms with Crippen LogP contribution in [0.5, 0.6) is 5.75 Å². The lowest BCUT2D eigenvalue weighted by atomic mass is 10.2. The normalized spacial score (nSPS) is 10.3. The van der Waals surface area contributed by atoms with Crippen molar-refractivity contribution in [2.24, 2.45) is 0 Å². The molecule has 1 aromatic rings. The van der Waals surface area contributed by atoms with Gasteiger partial charge < -0.3 is 9.94 Å². The van der Waals surface area contributed by atoms with Gasteiger partial charge in [-0.2, -0.15) is 5.06 Å². The number of nitrogens with zero attached hydrogens (tertiary/aromatic N) is 1. The Hall–Kier alpha value is -1.06. The summed E-state index contributed by atoms with van der Waals surface area (Å²) in [6.07, 6.45) is 0. The van der Waals surface area contributed by atoms with Crippen LogP contribution in [0.4, 0.5) is 0 Å². The first-order chi connectivity index (χ1) is 5.74. The minimum absolute atomic E-state index is 0.476. The maximum absolute atomic E-state index is 9.00. The molecule has 0 aromatic heterocycles. The third-order valence-electron chi connectivity index (χ3n) is 1.59. The average Bonchev–Trinajstić information content (AvgIpc) is 2.04. The first-order valence-corrected chi connectivity index (χ1v) is 3.76. The molecule has 0 amide bonds. The fraction of sp³-hybridized carbons (Fsp3) is 0.333. The molecule has 1 aromatic carbocycles. The van der Waals surface area contributed by atoms with Gasteiger partial charge in [-0.25, -0.2) is 0 Å². The van der Waals surface area contributed by atoms with Crippen LogP contribution in [0, 0.1) is 0 Å². The van der Waals surface area contributed by atoms with Gasteiger partial charge in [-0.15, -0.1) is 0 Å². The fourth-order valence-corrected chi connectivity index (χ4v) is 1.08. The zero-order chi connectivity index (χ0) is 8.97. The second-order valence-electron chi connectivity index (χ2n) is 2.63. The number of ether oxygens (including phenoxy) is 1. The smallest absolute Gasteiger partial charge is 0.123 e. The summed E-state index contributed by atoms with van der Waals surface area (Å²) in [7, 11) is 3.22. The maximum atomic E-state index is 9.00. The monoisotopic (exact) mass is 167 g/mol. The van der Waals surface area contributed by atoms with Crippen LogP contribution < -0.4 is 4.74 Å². The second kappa shape index (κ2) is 4.09. The summed E-state index contributed by atoms with van der Waals surface area (Å²) in [5, 5.41) is 10.1. The molecule has 0 saturated heterocycles. The van der Waals surface area contributed by atoms with E-state index in [1.165, 1.54) is 0 Å². The summed E-state index contributed by atoms with van der Waals surface area (Å²) in [4.78, 5) is 0. The van der Waals surface area contributed by atoms with Crippen LogP contribution in [0.15, 0.2) is 24.3 Å². The Morgan fingerprint density at radius 2 is 2.08 bits per heavy atom. The van der Waals surface area contributed by atoms with E-state index in [0.29, 0.717) is 6.54 Å². The Balaban J connectivity index is 2.82. The van der Waals surface area contributed by atoms with E-state index in [-0.39, 0.29) is 0 Å². The van der Waals surface area contributed by atoms with Crippen LogP contribution in [-0.4, -0.2) is 24.4 Å². The molecular formula is C9H13NO2. The molecule has 1 rings (SSSR count). The highest BCUT2D eigenvalue weighted by atomic mass is 16.5. The van der Waals surface area contributed by atoms with E-state index in [9.17, 15) is 0 Å². The standard InChI is InChI=1S/C9H13NO2/c1-10(11)7-8-5-3-4-6-9(8)12-2/h3-6,11H,7H2,1-2H3. The SMILES string of the molecule is COc1ccccc1CN(C)O. The van der Waals surface area contributed by atoms with Gasteiger partial charge in [0.05, 0.1) is 13.7 Å². The number of hydrogen-bond donors (Lipinski definition) is 1. The summed E-state index contributed by atoms with van der Waals surface area (Å²) in [6, 6.07) is 7.62. The number of hydrogen-bond acceptors (Lipinski definition) is 3. The van der Waals surface area contributed by atoms with Gasteiger partial charge in [0.2, 0.25) is 0 Å². The predicted octanol–water partition coefficient (Wildman–Crippen LogP) is 1.52. The van der Waals surface area contributed by atoms with Crippen molar-refractivity contribution in [1.29, 1.82) is 0 Å². The van der Waals surface area contributed by atoms with Crippen LogP contribution in [0.1, 0.15) is 5.56 Å². The van der Waals surface area contributed by atoms with Gasteiger partial charge >= 0.3 is 0 Å². The fourth-order valence-electron chi connectivity index (χ4n) is 1.08. The van der Waals surface area contributed by atoms with Crippen molar-refractivity contribution in [2.75, 3.05) is 14.2 Å². The van der Waals surface area contributed by atoms with E-state index in [4.69, 9.17) is 9.94 Å². The van der Waals surface area contributed by atoms with Crippen molar-refractivity contribution >= 4 is 0 Å². The molecule has 1 N–H and O–H groups in total. The van der Waals surface area contributed by atoms with E-state index in [2.05, 4.69) is 0 Å². The van der Waals surface area contributed by atoms with E-state index in [1.807, 2.05) is 24.3 Å². The molecular weight excluding hydrogens is 154 g/mol. The van der Waals surface area contributed by atoms with Gasteiger partial charge in [0.15, 0.2) is 0 Å². The van der Waals surface area contributed by atoms with Crippen molar-refractivity contribution < 1.29 is 9.94 Å². The Labute approximate surface area is 72.1 Å². The number of methoxy groups -OCH3 is 1. The summed E-state index contributed by atoms with van der Waals surface area (Å²) < 4.78 is 5.11. The average molecular weight is 167 g/mol. The Kier molecular flexibility index (Phi) is 3.08. The highest BCUT2D eigenvalue weighted by Crippen LogP contribution is 2.17. The number of benzene rings is 1.